The first-order chi connectivity index (χ1) is 14.8. The molecule has 0 saturated carbocycles. The topological polar surface area (TPSA) is 53.4 Å². The van der Waals surface area contributed by atoms with Crippen LogP contribution >= 0.6 is 11.6 Å². The summed E-state index contributed by atoms with van der Waals surface area (Å²) in [6.07, 6.45) is -0.724. The van der Waals surface area contributed by atoms with Crippen molar-refractivity contribution in [1.82, 2.24) is 9.55 Å². The molecule has 0 amide bonds. The van der Waals surface area contributed by atoms with Crippen molar-refractivity contribution in [2.75, 3.05) is 0 Å². The summed E-state index contributed by atoms with van der Waals surface area (Å²) in [7, 11) is 0. The van der Waals surface area contributed by atoms with Crippen molar-refractivity contribution >= 4 is 28.8 Å². The van der Waals surface area contributed by atoms with Gasteiger partial charge < -0.3 is 14.0 Å². The van der Waals surface area contributed by atoms with Crippen LogP contribution in [0.15, 0.2) is 72.8 Å². The smallest absolute Gasteiger partial charge is 0.428 e. The fourth-order valence-electron chi connectivity index (χ4n) is 3.32. The van der Waals surface area contributed by atoms with Crippen LogP contribution in [0.4, 0.5) is 4.79 Å². The zero-order valence-electron chi connectivity index (χ0n) is 17.6. The number of halogens is 1. The van der Waals surface area contributed by atoms with Crippen LogP contribution in [0.5, 0.6) is 5.75 Å². The lowest BCUT2D eigenvalue weighted by molar-refractivity contribution is 0.0207. The SMILES string of the molecule is CC(C)(C)OC(=O)Oc1ccccc1-c1ccc(Cn2c(Cl)nc3ccccc32)cc1. The van der Waals surface area contributed by atoms with Gasteiger partial charge in [0.25, 0.3) is 0 Å². The third kappa shape index (κ3) is 4.89. The number of para-hydroxylation sites is 3. The summed E-state index contributed by atoms with van der Waals surface area (Å²) in [5, 5.41) is 0.460. The highest BCUT2D eigenvalue weighted by Crippen LogP contribution is 2.31. The zero-order valence-corrected chi connectivity index (χ0v) is 18.4. The van der Waals surface area contributed by atoms with E-state index in [1.54, 1.807) is 26.8 Å². The van der Waals surface area contributed by atoms with E-state index in [-0.39, 0.29) is 0 Å². The first-order valence-electron chi connectivity index (χ1n) is 10.00. The Morgan fingerprint density at radius 2 is 1.65 bits per heavy atom. The minimum Gasteiger partial charge on any atom is -0.428 e. The van der Waals surface area contributed by atoms with Gasteiger partial charge in [-0.05, 0) is 61.7 Å². The number of ether oxygens (including phenoxy) is 2. The van der Waals surface area contributed by atoms with Gasteiger partial charge in [-0.1, -0.05) is 54.6 Å². The van der Waals surface area contributed by atoms with Gasteiger partial charge in [-0.15, -0.1) is 0 Å². The number of nitrogens with zero attached hydrogens (tertiary/aromatic N) is 2. The lowest BCUT2D eigenvalue weighted by Gasteiger charge is -2.19. The summed E-state index contributed by atoms with van der Waals surface area (Å²) in [5.74, 6) is 0.452. The molecule has 4 rings (SSSR count). The van der Waals surface area contributed by atoms with Crippen molar-refractivity contribution < 1.29 is 14.3 Å². The maximum absolute atomic E-state index is 12.1. The van der Waals surface area contributed by atoms with E-state index in [2.05, 4.69) is 4.98 Å². The molecule has 0 N–H and O–H groups in total. The van der Waals surface area contributed by atoms with E-state index in [4.69, 9.17) is 21.1 Å². The van der Waals surface area contributed by atoms with Crippen LogP contribution in [0.2, 0.25) is 5.28 Å². The van der Waals surface area contributed by atoms with Gasteiger partial charge in [0.2, 0.25) is 5.28 Å². The third-order valence-corrected chi connectivity index (χ3v) is 4.97. The van der Waals surface area contributed by atoms with Gasteiger partial charge in [-0.2, -0.15) is 0 Å². The molecule has 0 aliphatic carbocycles. The Morgan fingerprint density at radius 1 is 0.968 bits per heavy atom. The van der Waals surface area contributed by atoms with Gasteiger partial charge in [0.1, 0.15) is 11.4 Å². The summed E-state index contributed by atoms with van der Waals surface area (Å²) in [6, 6.07) is 23.3. The maximum Gasteiger partial charge on any atom is 0.514 e. The van der Waals surface area contributed by atoms with Crippen LogP contribution in [0.3, 0.4) is 0 Å². The minimum atomic E-state index is -0.724. The molecule has 0 aliphatic rings. The molecule has 4 aromatic rings. The van der Waals surface area contributed by atoms with Crippen LogP contribution < -0.4 is 4.74 Å². The van der Waals surface area contributed by atoms with E-state index in [9.17, 15) is 4.79 Å². The molecule has 0 unspecified atom stereocenters. The highest BCUT2D eigenvalue weighted by atomic mass is 35.5. The highest BCUT2D eigenvalue weighted by Gasteiger charge is 2.19. The van der Waals surface area contributed by atoms with Crippen LogP contribution in [-0.4, -0.2) is 21.3 Å². The number of benzene rings is 3. The number of aromatic nitrogens is 2. The Kier molecular flexibility index (Phi) is 5.70. The Labute approximate surface area is 186 Å². The molecular weight excluding hydrogens is 412 g/mol. The van der Waals surface area contributed by atoms with Gasteiger partial charge in [0.15, 0.2) is 0 Å². The number of hydrogen-bond acceptors (Lipinski definition) is 4. The minimum absolute atomic E-state index is 0.452. The summed E-state index contributed by atoms with van der Waals surface area (Å²) in [6.45, 7) is 6.01. The van der Waals surface area contributed by atoms with Gasteiger partial charge >= 0.3 is 6.16 Å². The van der Waals surface area contributed by atoms with Crippen molar-refractivity contribution in [3.05, 3.63) is 83.6 Å². The standard InChI is InChI=1S/C25H23ClN2O3/c1-25(2,3)31-24(29)30-22-11-7-4-8-19(22)18-14-12-17(13-15-18)16-28-21-10-6-5-9-20(21)27-23(28)26/h4-15H,16H2,1-3H3. The molecule has 6 heteroatoms. The normalized spacial score (nSPS) is 11.5. The predicted molar refractivity (Wildman–Crippen MR) is 123 cm³/mol. The van der Waals surface area contributed by atoms with E-state index >= 15 is 0 Å². The molecule has 0 fully saturated rings. The van der Waals surface area contributed by atoms with Crippen molar-refractivity contribution in [2.45, 2.75) is 32.9 Å². The molecule has 0 radical (unpaired) electrons. The van der Waals surface area contributed by atoms with Gasteiger partial charge in [0.05, 0.1) is 17.6 Å². The van der Waals surface area contributed by atoms with Crippen LogP contribution in [0, 0.1) is 0 Å². The summed E-state index contributed by atoms with van der Waals surface area (Å²) in [5.41, 5.74) is 4.08. The van der Waals surface area contributed by atoms with Gasteiger partial charge in [0, 0.05) is 5.56 Å². The fourth-order valence-corrected chi connectivity index (χ4v) is 3.57. The van der Waals surface area contributed by atoms with Gasteiger partial charge in [-0.25, -0.2) is 9.78 Å². The van der Waals surface area contributed by atoms with Crippen molar-refractivity contribution in [1.29, 1.82) is 0 Å². The van der Waals surface area contributed by atoms with Crippen molar-refractivity contribution in [2.24, 2.45) is 0 Å². The summed E-state index contributed by atoms with van der Waals surface area (Å²) < 4.78 is 12.7. The third-order valence-electron chi connectivity index (χ3n) is 4.68. The Bertz CT molecular complexity index is 1220. The molecule has 31 heavy (non-hydrogen) atoms. The Morgan fingerprint density at radius 3 is 2.39 bits per heavy atom. The number of hydrogen-bond donors (Lipinski definition) is 0. The molecule has 1 aromatic heterocycles. The highest BCUT2D eigenvalue weighted by molar-refractivity contribution is 6.29. The molecule has 0 bridgehead atoms. The fraction of sp³-hybridized carbons (Fsp3) is 0.200. The lowest BCUT2D eigenvalue weighted by Crippen LogP contribution is -2.26. The van der Waals surface area contributed by atoms with Crippen LogP contribution in [-0.2, 0) is 11.3 Å². The van der Waals surface area contributed by atoms with Crippen LogP contribution in [0.25, 0.3) is 22.2 Å². The Hall–Kier alpha value is -3.31. The average molecular weight is 435 g/mol. The second-order valence-electron chi connectivity index (χ2n) is 8.22. The molecule has 0 aliphatic heterocycles. The van der Waals surface area contributed by atoms with Crippen molar-refractivity contribution in [3.8, 4) is 16.9 Å². The van der Waals surface area contributed by atoms with Crippen molar-refractivity contribution in [3.63, 3.8) is 0 Å². The second-order valence-corrected chi connectivity index (χ2v) is 8.55. The molecule has 0 spiro atoms. The van der Waals surface area contributed by atoms with E-state index in [1.807, 2.05) is 71.3 Å². The first-order valence-corrected chi connectivity index (χ1v) is 10.4. The van der Waals surface area contributed by atoms with E-state index < -0.39 is 11.8 Å². The maximum atomic E-state index is 12.1. The molecule has 3 aromatic carbocycles. The summed E-state index contributed by atoms with van der Waals surface area (Å²) >= 11 is 6.35. The van der Waals surface area contributed by atoms with Crippen LogP contribution in [0.1, 0.15) is 26.3 Å². The monoisotopic (exact) mass is 434 g/mol. The summed E-state index contributed by atoms with van der Waals surface area (Å²) in [4.78, 5) is 16.5. The molecule has 5 nitrogen and oxygen atoms in total. The predicted octanol–water partition coefficient (Wildman–Crippen LogP) is 6.72. The first kappa shape index (κ1) is 20.9. The largest absolute Gasteiger partial charge is 0.514 e. The average Bonchev–Trinajstić information content (AvgIpc) is 3.03. The van der Waals surface area contributed by atoms with E-state index in [1.165, 1.54) is 0 Å². The quantitative estimate of drug-likeness (QED) is 0.264. The molecule has 1 heterocycles. The molecular formula is C25H23ClN2O3. The molecule has 0 saturated heterocycles. The second kappa shape index (κ2) is 8.44. The van der Waals surface area contributed by atoms with Gasteiger partial charge in [-0.3, -0.25) is 0 Å². The zero-order chi connectivity index (χ0) is 22.0. The molecule has 158 valence electrons. The molecule has 0 atom stereocenters. The lowest BCUT2D eigenvalue weighted by atomic mass is 10.0. The van der Waals surface area contributed by atoms with E-state index in [0.29, 0.717) is 17.6 Å². The number of rotatable bonds is 4. The number of carbonyl (C=O) groups is 1. The van der Waals surface area contributed by atoms with E-state index in [0.717, 1.165) is 27.7 Å². The number of imidazole rings is 1. The number of carbonyl (C=O) groups excluding carboxylic acids is 1. The Balaban J connectivity index is 1.56. The number of fused-ring (bicyclic) bond motifs is 1.